The van der Waals surface area contributed by atoms with E-state index in [1.165, 1.54) is 5.56 Å². The molecule has 2 N–H and O–H groups in total. The maximum atomic E-state index is 4.55. The number of anilines is 3. The molecule has 3 nitrogen and oxygen atoms in total. The summed E-state index contributed by atoms with van der Waals surface area (Å²) in [6.45, 7) is 9.75. The van der Waals surface area contributed by atoms with Crippen LogP contribution in [0.1, 0.15) is 39.7 Å². The smallest absolute Gasteiger partial charge is 0.132 e. The predicted octanol–water partition coefficient (Wildman–Crippen LogP) is 4.94. The number of hydrogen-bond acceptors (Lipinski definition) is 3. The Morgan fingerprint density at radius 2 is 1.62 bits per heavy atom. The van der Waals surface area contributed by atoms with Gasteiger partial charge < -0.3 is 10.6 Å². The van der Waals surface area contributed by atoms with Gasteiger partial charge in [0.15, 0.2) is 0 Å². The van der Waals surface area contributed by atoms with Crippen molar-refractivity contribution in [3.63, 3.8) is 0 Å². The zero-order valence-corrected chi connectivity index (χ0v) is 13.4. The molecule has 0 aliphatic carbocycles. The number of benzene rings is 1. The Morgan fingerprint density at radius 3 is 2.24 bits per heavy atom. The summed E-state index contributed by atoms with van der Waals surface area (Å²) < 4.78 is 0. The van der Waals surface area contributed by atoms with Gasteiger partial charge in [0.05, 0.1) is 0 Å². The lowest BCUT2D eigenvalue weighted by atomic mass is 9.87. The molecule has 0 bridgehead atoms. The maximum Gasteiger partial charge on any atom is 0.132 e. The second-order valence-electron chi connectivity index (χ2n) is 6.29. The van der Waals surface area contributed by atoms with Gasteiger partial charge in [0.1, 0.15) is 11.6 Å². The number of aromatic nitrogens is 1. The van der Waals surface area contributed by atoms with Gasteiger partial charge in [0, 0.05) is 12.2 Å². The number of nitrogens with zero attached hydrogens (tertiary/aromatic N) is 1. The minimum absolute atomic E-state index is 0.181. The van der Waals surface area contributed by atoms with Crippen LogP contribution in [0.5, 0.6) is 0 Å². The molecule has 2 rings (SSSR count). The molecule has 0 aliphatic rings. The predicted molar refractivity (Wildman–Crippen MR) is 91.4 cm³/mol. The van der Waals surface area contributed by atoms with Crippen LogP contribution < -0.4 is 10.6 Å². The Kier molecular flexibility index (Phi) is 4.84. The molecule has 0 fully saturated rings. The molecule has 0 atom stereocenters. The van der Waals surface area contributed by atoms with Crippen molar-refractivity contribution in [2.45, 2.75) is 39.5 Å². The minimum Gasteiger partial charge on any atom is -0.370 e. The Balaban J connectivity index is 2.07. The van der Waals surface area contributed by atoms with Crippen LogP contribution in [0.2, 0.25) is 0 Å². The zero-order chi connectivity index (χ0) is 15.3. The minimum atomic E-state index is 0.181. The van der Waals surface area contributed by atoms with Crippen LogP contribution in [0.4, 0.5) is 17.3 Å². The van der Waals surface area contributed by atoms with Crippen molar-refractivity contribution in [2.24, 2.45) is 0 Å². The summed E-state index contributed by atoms with van der Waals surface area (Å²) in [5, 5.41) is 6.65. The van der Waals surface area contributed by atoms with Crippen molar-refractivity contribution in [1.29, 1.82) is 0 Å². The molecule has 3 heteroatoms. The van der Waals surface area contributed by atoms with Crippen LogP contribution in [0, 0.1) is 0 Å². The van der Waals surface area contributed by atoms with Gasteiger partial charge in [-0.1, -0.05) is 45.9 Å². The summed E-state index contributed by atoms with van der Waals surface area (Å²) in [6.07, 6.45) is 1.09. The van der Waals surface area contributed by atoms with E-state index in [1.807, 2.05) is 18.2 Å². The Labute approximate surface area is 127 Å². The van der Waals surface area contributed by atoms with Gasteiger partial charge in [-0.05, 0) is 41.7 Å². The summed E-state index contributed by atoms with van der Waals surface area (Å²) >= 11 is 0. The van der Waals surface area contributed by atoms with E-state index in [9.17, 15) is 0 Å². The molecule has 2 aromatic rings. The molecule has 0 saturated carbocycles. The highest BCUT2D eigenvalue weighted by Crippen LogP contribution is 2.24. The van der Waals surface area contributed by atoms with Gasteiger partial charge in [-0.25, -0.2) is 4.98 Å². The van der Waals surface area contributed by atoms with E-state index >= 15 is 0 Å². The molecule has 0 saturated heterocycles. The monoisotopic (exact) mass is 283 g/mol. The van der Waals surface area contributed by atoms with Crippen LogP contribution in [0.15, 0.2) is 42.5 Å². The number of nitrogens with one attached hydrogen (secondary N) is 2. The molecular formula is C18H25N3. The van der Waals surface area contributed by atoms with E-state index in [-0.39, 0.29) is 5.41 Å². The van der Waals surface area contributed by atoms with Gasteiger partial charge in [-0.3, -0.25) is 0 Å². The first-order valence-corrected chi connectivity index (χ1v) is 7.57. The van der Waals surface area contributed by atoms with E-state index in [0.29, 0.717) is 0 Å². The van der Waals surface area contributed by atoms with Gasteiger partial charge >= 0.3 is 0 Å². The highest BCUT2D eigenvalue weighted by molar-refractivity contribution is 5.58. The highest BCUT2D eigenvalue weighted by atomic mass is 15.1. The third-order valence-electron chi connectivity index (χ3n) is 3.33. The van der Waals surface area contributed by atoms with E-state index in [4.69, 9.17) is 0 Å². The molecule has 0 amide bonds. The van der Waals surface area contributed by atoms with Crippen LogP contribution in [-0.2, 0) is 5.41 Å². The van der Waals surface area contributed by atoms with Crippen LogP contribution >= 0.6 is 0 Å². The Morgan fingerprint density at radius 1 is 0.952 bits per heavy atom. The summed E-state index contributed by atoms with van der Waals surface area (Å²) in [5.74, 6) is 1.77. The lowest BCUT2D eigenvalue weighted by Crippen LogP contribution is -2.10. The summed E-state index contributed by atoms with van der Waals surface area (Å²) in [6, 6.07) is 14.5. The SMILES string of the molecule is CCCNc1cccc(Nc2ccc(C(C)(C)C)cc2)n1. The largest absolute Gasteiger partial charge is 0.370 e. The molecule has 0 spiro atoms. The van der Waals surface area contributed by atoms with Gasteiger partial charge in [-0.15, -0.1) is 0 Å². The molecule has 1 heterocycles. The first-order chi connectivity index (χ1) is 9.99. The normalized spacial score (nSPS) is 11.2. The van der Waals surface area contributed by atoms with E-state index < -0.39 is 0 Å². The van der Waals surface area contributed by atoms with Gasteiger partial charge in [-0.2, -0.15) is 0 Å². The van der Waals surface area contributed by atoms with Crippen LogP contribution in [0.25, 0.3) is 0 Å². The van der Waals surface area contributed by atoms with Crippen molar-refractivity contribution in [1.82, 2.24) is 4.98 Å². The van der Waals surface area contributed by atoms with Crippen LogP contribution in [0.3, 0.4) is 0 Å². The van der Waals surface area contributed by atoms with Crippen molar-refractivity contribution in [3.05, 3.63) is 48.0 Å². The second-order valence-corrected chi connectivity index (χ2v) is 6.29. The summed E-state index contributed by atoms with van der Waals surface area (Å²) in [5.41, 5.74) is 2.57. The van der Waals surface area contributed by atoms with E-state index in [2.05, 4.69) is 67.6 Å². The first-order valence-electron chi connectivity index (χ1n) is 7.57. The fraction of sp³-hybridized carbons (Fsp3) is 0.389. The number of pyridine rings is 1. The van der Waals surface area contributed by atoms with Crippen molar-refractivity contribution in [2.75, 3.05) is 17.2 Å². The van der Waals surface area contributed by atoms with Crippen molar-refractivity contribution in [3.8, 4) is 0 Å². The zero-order valence-electron chi connectivity index (χ0n) is 13.4. The fourth-order valence-corrected chi connectivity index (χ4v) is 2.06. The quantitative estimate of drug-likeness (QED) is 0.815. The molecule has 0 radical (unpaired) electrons. The van der Waals surface area contributed by atoms with Gasteiger partial charge in [0.2, 0.25) is 0 Å². The fourth-order valence-electron chi connectivity index (χ4n) is 2.06. The number of rotatable bonds is 5. The standard InChI is InChI=1S/C18H25N3/c1-5-13-19-16-7-6-8-17(21-16)20-15-11-9-14(10-12-15)18(2,3)4/h6-12H,5,13H2,1-4H3,(H2,19,20,21). The lowest BCUT2D eigenvalue weighted by Gasteiger charge is -2.19. The molecule has 1 aromatic heterocycles. The Hall–Kier alpha value is -2.03. The Bertz CT molecular complexity index is 568. The highest BCUT2D eigenvalue weighted by Gasteiger charge is 2.12. The molecule has 1 aromatic carbocycles. The van der Waals surface area contributed by atoms with E-state index in [1.54, 1.807) is 0 Å². The number of hydrogen-bond donors (Lipinski definition) is 2. The van der Waals surface area contributed by atoms with Crippen molar-refractivity contribution < 1.29 is 0 Å². The maximum absolute atomic E-state index is 4.55. The molecular weight excluding hydrogens is 258 g/mol. The van der Waals surface area contributed by atoms with Crippen LogP contribution in [-0.4, -0.2) is 11.5 Å². The summed E-state index contributed by atoms with van der Waals surface area (Å²) in [4.78, 5) is 4.55. The van der Waals surface area contributed by atoms with Crippen molar-refractivity contribution >= 4 is 17.3 Å². The molecule has 0 aliphatic heterocycles. The molecule has 21 heavy (non-hydrogen) atoms. The molecule has 0 unspecified atom stereocenters. The lowest BCUT2D eigenvalue weighted by molar-refractivity contribution is 0.590. The third-order valence-corrected chi connectivity index (χ3v) is 3.33. The van der Waals surface area contributed by atoms with Gasteiger partial charge in [0.25, 0.3) is 0 Å². The first kappa shape index (κ1) is 15.4. The average molecular weight is 283 g/mol. The topological polar surface area (TPSA) is 37.0 Å². The summed E-state index contributed by atoms with van der Waals surface area (Å²) in [7, 11) is 0. The molecule has 112 valence electrons. The third kappa shape index (κ3) is 4.48. The van der Waals surface area contributed by atoms with E-state index in [0.717, 1.165) is 30.3 Å². The average Bonchev–Trinajstić information content (AvgIpc) is 2.45. The second kappa shape index (κ2) is 6.61.